The van der Waals surface area contributed by atoms with E-state index in [4.69, 9.17) is 14.9 Å². The predicted molar refractivity (Wildman–Crippen MR) is 65.2 cm³/mol. The van der Waals surface area contributed by atoms with Crippen molar-refractivity contribution >= 4 is 5.91 Å². The van der Waals surface area contributed by atoms with Gasteiger partial charge in [0, 0.05) is 13.1 Å². The summed E-state index contributed by atoms with van der Waals surface area (Å²) >= 11 is 0. The number of rotatable bonds is 3. The Hall–Kier alpha value is -1.59. The normalized spacial score (nSPS) is 19.8. The van der Waals surface area contributed by atoms with Crippen molar-refractivity contribution < 1.29 is 19.7 Å². The minimum Gasteiger partial charge on any atom is -0.508 e. The molecule has 1 fully saturated rings. The molecule has 2 rings (SSSR count). The van der Waals surface area contributed by atoms with Crippen LogP contribution in [0.25, 0.3) is 0 Å². The van der Waals surface area contributed by atoms with Gasteiger partial charge in [-0.2, -0.15) is 0 Å². The fraction of sp³-hybridized carbons (Fsp3) is 0.462. The van der Waals surface area contributed by atoms with Crippen LogP contribution in [0.4, 0.5) is 0 Å². The largest absolute Gasteiger partial charge is 0.508 e. The summed E-state index contributed by atoms with van der Waals surface area (Å²) in [6, 6.07) is 6.60. The van der Waals surface area contributed by atoms with E-state index in [9.17, 15) is 4.79 Å². The number of carbonyl (C=O) groups excluding carboxylic acids is 1. The number of aliphatic hydroxyl groups excluding tert-OH is 1. The van der Waals surface area contributed by atoms with Crippen LogP contribution in [0, 0.1) is 0 Å². The Kier molecular flexibility index (Phi) is 4.17. The molecule has 0 aromatic heterocycles. The third kappa shape index (κ3) is 3.21. The molecular weight excluding hydrogens is 234 g/mol. The molecule has 5 heteroatoms. The minimum atomic E-state index is -0.275. The van der Waals surface area contributed by atoms with E-state index in [0.29, 0.717) is 26.1 Å². The summed E-state index contributed by atoms with van der Waals surface area (Å²) in [4.78, 5) is 13.7. The van der Waals surface area contributed by atoms with Gasteiger partial charge in [-0.1, -0.05) is 12.1 Å². The zero-order valence-electron chi connectivity index (χ0n) is 10.1. The highest BCUT2D eigenvalue weighted by Crippen LogP contribution is 2.12. The molecule has 1 unspecified atom stereocenters. The van der Waals surface area contributed by atoms with Crippen molar-refractivity contribution in [1.82, 2.24) is 4.90 Å². The fourth-order valence-electron chi connectivity index (χ4n) is 1.96. The smallest absolute Gasteiger partial charge is 0.227 e. The van der Waals surface area contributed by atoms with Gasteiger partial charge in [0.2, 0.25) is 5.91 Å². The highest BCUT2D eigenvalue weighted by Gasteiger charge is 2.23. The fourth-order valence-corrected chi connectivity index (χ4v) is 1.96. The van der Waals surface area contributed by atoms with Gasteiger partial charge < -0.3 is 19.8 Å². The summed E-state index contributed by atoms with van der Waals surface area (Å²) in [5.74, 6) is 0.209. The first-order chi connectivity index (χ1) is 8.69. The average molecular weight is 251 g/mol. The van der Waals surface area contributed by atoms with Crippen molar-refractivity contribution in [2.75, 3.05) is 26.3 Å². The van der Waals surface area contributed by atoms with E-state index in [2.05, 4.69) is 0 Å². The van der Waals surface area contributed by atoms with Gasteiger partial charge in [-0.15, -0.1) is 0 Å². The summed E-state index contributed by atoms with van der Waals surface area (Å²) < 4.78 is 5.30. The highest BCUT2D eigenvalue weighted by molar-refractivity contribution is 5.78. The van der Waals surface area contributed by atoms with E-state index in [0.717, 1.165) is 5.56 Å². The third-order valence-electron chi connectivity index (χ3n) is 2.99. The van der Waals surface area contributed by atoms with Crippen LogP contribution < -0.4 is 0 Å². The molecule has 0 saturated carbocycles. The van der Waals surface area contributed by atoms with E-state index in [1.54, 1.807) is 29.2 Å². The molecule has 18 heavy (non-hydrogen) atoms. The molecule has 5 nitrogen and oxygen atoms in total. The molecule has 0 bridgehead atoms. The Morgan fingerprint density at radius 1 is 1.39 bits per heavy atom. The van der Waals surface area contributed by atoms with E-state index in [1.165, 1.54) is 0 Å². The lowest BCUT2D eigenvalue weighted by Crippen LogP contribution is -2.47. The standard InChI is InChI=1S/C13H17NO4/c15-9-12-8-14(5-6-18-12)13(17)7-10-1-3-11(16)4-2-10/h1-4,12,15-16H,5-9H2. The van der Waals surface area contributed by atoms with Gasteiger partial charge in [0.05, 0.1) is 25.7 Å². The van der Waals surface area contributed by atoms with E-state index in [1.807, 2.05) is 0 Å². The number of ether oxygens (including phenoxy) is 1. The zero-order valence-corrected chi connectivity index (χ0v) is 10.1. The molecule has 1 amide bonds. The zero-order chi connectivity index (χ0) is 13.0. The number of phenolic OH excluding ortho intramolecular Hbond substituents is 1. The summed E-state index contributed by atoms with van der Waals surface area (Å²) in [6.45, 7) is 1.40. The summed E-state index contributed by atoms with van der Waals surface area (Å²) in [7, 11) is 0. The first-order valence-corrected chi connectivity index (χ1v) is 5.97. The predicted octanol–water partition coefficient (Wildman–Crippen LogP) is 0.154. The number of nitrogens with zero attached hydrogens (tertiary/aromatic N) is 1. The number of aliphatic hydroxyl groups is 1. The molecule has 1 aliphatic heterocycles. The van der Waals surface area contributed by atoms with Gasteiger partial charge in [-0.05, 0) is 17.7 Å². The molecular formula is C13H17NO4. The van der Waals surface area contributed by atoms with Crippen LogP contribution in [0.2, 0.25) is 0 Å². The maximum absolute atomic E-state index is 12.0. The van der Waals surface area contributed by atoms with Crippen LogP contribution in [0.3, 0.4) is 0 Å². The first kappa shape index (κ1) is 12.9. The van der Waals surface area contributed by atoms with Crippen LogP contribution in [0.15, 0.2) is 24.3 Å². The Labute approximate surface area is 106 Å². The molecule has 1 aromatic carbocycles. The number of carbonyl (C=O) groups is 1. The number of phenols is 1. The van der Waals surface area contributed by atoms with Crippen LogP contribution in [-0.4, -0.2) is 53.4 Å². The van der Waals surface area contributed by atoms with Crippen molar-refractivity contribution in [3.8, 4) is 5.75 Å². The third-order valence-corrected chi connectivity index (χ3v) is 2.99. The number of hydrogen-bond donors (Lipinski definition) is 2. The molecule has 1 saturated heterocycles. The van der Waals surface area contributed by atoms with Gasteiger partial charge in [0.25, 0.3) is 0 Å². The average Bonchev–Trinajstić information content (AvgIpc) is 2.41. The number of aromatic hydroxyl groups is 1. The second-order valence-corrected chi connectivity index (χ2v) is 4.36. The molecule has 1 heterocycles. The van der Waals surface area contributed by atoms with Gasteiger partial charge in [-0.25, -0.2) is 0 Å². The quantitative estimate of drug-likeness (QED) is 0.802. The number of morpholine rings is 1. The van der Waals surface area contributed by atoms with E-state index < -0.39 is 0 Å². The molecule has 1 aromatic rings. The van der Waals surface area contributed by atoms with Crippen LogP contribution >= 0.6 is 0 Å². The van der Waals surface area contributed by atoms with Crippen LogP contribution in [0.1, 0.15) is 5.56 Å². The molecule has 0 radical (unpaired) electrons. The number of hydrogen-bond acceptors (Lipinski definition) is 4. The summed E-state index contributed by atoms with van der Waals surface area (Å²) in [6.07, 6.45) is 0.0286. The summed E-state index contributed by atoms with van der Waals surface area (Å²) in [5, 5.41) is 18.2. The van der Waals surface area contributed by atoms with Crippen LogP contribution in [0.5, 0.6) is 5.75 Å². The van der Waals surface area contributed by atoms with Crippen molar-refractivity contribution in [1.29, 1.82) is 0 Å². The monoisotopic (exact) mass is 251 g/mol. The van der Waals surface area contributed by atoms with Crippen molar-refractivity contribution in [3.63, 3.8) is 0 Å². The molecule has 98 valence electrons. The Bertz CT molecular complexity index is 404. The van der Waals surface area contributed by atoms with Crippen LogP contribution in [-0.2, 0) is 16.0 Å². The maximum Gasteiger partial charge on any atom is 0.227 e. The van der Waals surface area contributed by atoms with Crippen molar-refractivity contribution in [3.05, 3.63) is 29.8 Å². The minimum absolute atomic E-state index is 0.0161. The SMILES string of the molecule is O=C(Cc1ccc(O)cc1)N1CCOC(CO)C1. The number of amides is 1. The first-order valence-electron chi connectivity index (χ1n) is 5.97. The van der Waals surface area contributed by atoms with Crippen molar-refractivity contribution in [2.24, 2.45) is 0 Å². The second kappa shape index (κ2) is 5.84. The lowest BCUT2D eigenvalue weighted by Gasteiger charge is -2.32. The maximum atomic E-state index is 12.0. The Morgan fingerprint density at radius 3 is 2.78 bits per heavy atom. The lowest BCUT2D eigenvalue weighted by atomic mass is 10.1. The van der Waals surface area contributed by atoms with E-state index in [-0.39, 0.29) is 24.4 Å². The van der Waals surface area contributed by atoms with Gasteiger partial charge >= 0.3 is 0 Å². The van der Waals surface area contributed by atoms with Gasteiger partial charge in [-0.3, -0.25) is 4.79 Å². The molecule has 1 aliphatic rings. The lowest BCUT2D eigenvalue weighted by molar-refractivity contribution is -0.139. The Balaban J connectivity index is 1.93. The Morgan fingerprint density at radius 2 is 2.11 bits per heavy atom. The van der Waals surface area contributed by atoms with Crippen molar-refractivity contribution in [2.45, 2.75) is 12.5 Å². The van der Waals surface area contributed by atoms with Gasteiger partial charge in [0.15, 0.2) is 0 Å². The number of benzene rings is 1. The van der Waals surface area contributed by atoms with E-state index >= 15 is 0 Å². The molecule has 0 aliphatic carbocycles. The topological polar surface area (TPSA) is 70.0 Å². The van der Waals surface area contributed by atoms with Gasteiger partial charge in [0.1, 0.15) is 5.75 Å². The molecule has 0 spiro atoms. The highest BCUT2D eigenvalue weighted by atomic mass is 16.5. The molecule has 2 N–H and O–H groups in total. The summed E-state index contributed by atoms with van der Waals surface area (Å²) in [5.41, 5.74) is 0.866. The molecule has 1 atom stereocenters. The second-order valence-electron chi connectivity index (χ2n) is 4.36.